The minimum Gasteiger partial charge on any atom is -0.338 e. The van der Waals surface area contributed by atoms with E-state index >= 15 is 0 Å². The van der Waals surface area contributed by atoms with Crippen molar-refractivity contribution >= 4 is 5.65 Å². The predicted octanol–water partition coefficient (Wildman–Crippen LogP) is 2.49. The zero-order valence-corrected chi connectivity index (χ0v) is 15.8. The molecule has 0 atom stereocenters. The van der Waals surface area contributed by atoms with Crippen LogP contribution in [0.3, 0.4) is 0 Å². The molecule has 1 saturated heterocycles. The van der Waals surface area contributed by atoms with Crippen molar-refractivity contribution < 1.29 is 4.52 Å². The van der Waals surface area contributed by atoms with Gasteiger partial charge in [0.25, 0.3) is 0 Å². The zero-order valence-electron chi connectivity index (χ0n) is 15.8. The molecule has 8 heteroatoms. The van der Waals surface area contributed by atoms with Crippen molar-refractivity contribution in [2.24, 2.45) is 0 Å². The fraction of sp³-hybridized carbons (Fsp3) is 0.611. The van der Waals surface area contributed by atoms with Crippen LogP contribution in [-0.4, -0.2) is 47.9 Å². The van der Waals surface area contributed by atoms with Crippen molar-refractivity contribution in [1.82, 2.24) is 34.9 Å². The molecule has 0 aliphatic carbocycles. The first-order valence-corrected chi connectivity index (χ1v) is 9.14. The molecule has 8 nitrogen and oxygen atoms in total. The molecule has 1 aliphatic rings. The van der Waals surface area contributed by atoms with E-state index in [1.54, 1.807) is 0 Å². The van der Waals surface area contributed by atoms with E-state index in [-0.39, 0.29) is 5.41 Å². The summed E-state index contributed by atoms with van der Waals surface area (Å²) in [6.45, 7) is 11.0. The highest BCUT2D eigenvalue weighted by Gasteiger charge is 2.26. The number of hydrogen-bond acceptors (Lipinski definition) is 7. The fourth-order valence-electron chi connectivity index (χ4n) is 3.40. The number of nitrogens with zero attached hydrogens (tertiary/aromatic N) is 7. The normalized spacial score (nSPS) is 17.2. The molecule has 0 N–H and O–H groups in total. The largest absolute Gasteiger partial charge is 0.338 e. The van der Waals surface area contributed by atoms with E-state index in [0.29, 0.717) is 24.2 Å². The van der Waals surface area contributed by atoms with Crippen molar-refractivity contribution in [2.45, 2.75) is 58.4 Å². The van der Waals surface area contributed by atoms with E-state index in [2.05, 4.69) is 46.0 Å². The molecule has 0 unspecified atom stereocenters. The summed E-state index contributed by atoms with van der Waals surface area (Å²) in [5.74, 6) is 2.71. The molecule has 1 aliphatic heterocycles. The summed E-state index contributed by atoms with van der Waals surface area (Å²) in [6.07, 6.45) is 2.05. The summed E-state index contributed by atoms with van der Waals surface area (Å²) in [7, 11) is 0. The van der Waals surface area contributed by atoms with Crippen LogP contribution in [0.2, 0.25) is 0 Å². The Morgan fingerprint density at radius 3 is 2.58 bits per heavy atom. The van der Waals surface area contributed by atoms with Crippen molar-refractivity contribution in [2.75, 3.05) is 13.1 Å². The Morgan fingerprint density at radius 2 is 1.92 bits per heavy atom. The minimum absolute atomic E-state index is 0.00129. The molecule has 26 heavy (non-hydrogen) atoms. The van der Waals surface area contributed by atoms with Crippen LogP contribution >= 0.6 is 0 Å². The fourth-order valence-corrected chi connectivity index (χ4v) is 3.40. The van der Waals surface area contributed by atoms with Crippen LogP contribution in [0.15, 0.2) is 16.7 Å². The summed E-state index contributed by atoms with van der Waals surface area (Å²) < 4.78 is 7.16. The van der Waals surface area contributed by atoms with Gasteiger partial charge in [0.05, 0.1) is 12.2 Å². The molecule has 4 rings (SSSR count). The van der Waals surface area contributed by atoms with Crippen LogP contribution in [0.5, 0.6) is 0 Å². The second-order valence-electron chi connectivity index (χ2n) is 8.08. The number of aromatic nitrogens is 6. The molecule has 138 valence electrons. The Balaban J connectivity index is 1.49. The molecule has 3 aromatic rings. The predicted molar refractivity (Wildman–Crippen MR) is 95.8 cm³/mol. The first-order chi connectivity index (χ1) is 12.4. The summed E-state index contributed by atoms with van der Waals surface area (Å²) in [6, 6.07) is 4.06. The smallest absolute Gasteiger partial charge is 0.240 e. The Kier molecular flexibility index (Phi) is 4.22. The molecule has 0 amide bonds. The summed E-state index contributed by atoms with van der Waals surface area (Å²) >= 11 is 0. The molecule has 3 aromatic heterocycles. The van der Waals surface area contributed by atoms with Crippen LogP contribution in [0, 0.1) is 6.92 Å². The number of hydrogen-bond donors (Lipinski definition) is 0. The summed E-state index contributed by atoms with van der Waals surface area (Å²) in [5.41, 5.74) is 1.87. The zero-order chi connectivity index (χ0) is 18.3. The van der Waals surface area contributed by atoms with Crippen molar-refractivity contribution in [3.8, 4) is 0 Å². The van der Waals surface area contributed by atoms with Crippen LogP contribution < -0.4 is 0 Å². The van der Waals surface area contributed by atoms with Crippen molar-refractivity contribution in [3.05, 3.63) is 35.4 Å². The van der Waals surface area contributed by atoms with Crippen molar-refractivity contribution in [1.29, 1.82) is 0 Å². The molecule has 0 radical (unpaired) electrons. The van der Waals surface area contributed by atoms with E-state index in [0.717, 1.165) is 43.1 Å². The van der Waals surface area contributed by atoms with Gasteiger partial charge in [-0.05, 0) is 45.0 Å². The Morgan fingerprint density at radius 1 is 1.15 bits per heavy atom. The van der Waals surface area contributed by atoms with Crippen LogP contribution in [-0.2, 0) is 12.0 Å². The molecular formula is C18H25N7O. The number of likely N-dealkylation sites (tertiary alicyclic amines) is 1. The second-order valence-corrected chi connectivity index (χ2v) is 8.08. The van der Waals surface area contributed by atoms with Gasteiger partial charge in [0.2, 0.25) is 5.89 Å². The Bertz CT molecular complexity index is 900. The molecule has 4 heterocycles. The van der Waals surface area contributed by atoms with Gasteiger partial charge in [-0.25, -0.2) is 0 Å². The number of piperidine rings is 1. The van der Waals surface area contributed by atoms with Gasteiger partial charge in [-0.3, -0.25) is 4.90 Å². The standard InChI is InChI=1S/C18H25N7O/c1-12-19-16(26-23-12)11-24-9-7-13(8-10-24)17-21-20-15-6-5-14(18(2,3)4)22-25(15)17/h5-6,13H,7-11H2,1-4H3. The number of aryl methyl sites for hydroxylation is 1. The third kappa shape index (κ3) is 3.33. The lowest BCUT2D eigenvalue weighted by molar-refractivity contribution is 0.178. The maximum Gasteiger partial charge on any atom is 0.240 e. The highest BCUT2D eigenvalue weighted by atomic mass is 16.5. The lowest BCUT2D eigenvalue weighted by atomic mass is 9.92. The van der Waals surface area contributed by atoms with Gasteiger partial charge >= 0.3 is 0 Å². The number of rotatable bonds is 3. The Hall–Kier alpha value is -2.35. The lowest BCUT2D eigenvalue weighted by Gasteiger charge is -2.29. The quantitative estimate of drug-likeness (QED) is 0.713. The average molecular weight is 355 g/mol. The van der Waals surface area contributed by atoms with E-state index in [4.69, 9.17) is 9.62 Å². The summed E-state index contributed by atoms with van der Waals surface area (Å²) in [5, 5.41) is 17.4. The minimum atomic E-state index is 0.00129. The lowest BCUT2D eigenvalue weighted by Crippen LogP contribution is -2.33. The van der Waals surface area contributed by atoms with Gasteiger partial charge in [-0.15, -0.1) is 10.2 Å². The second kappa shape index (κ2) is 6.42. The first kappa shape index (κ1) is 17.1. The monoisotopic (exact) mass is 355 g/mol. The van der Waals surface area contributed by atoms with Crippen LogP contribution in [0.4, 0.5) is 0 Å². The van der Waals surface area contributed by atoms with Gasteiger partial charge in [0.15, 0.2) is 17.3 Å². The highest BCUT2D eigenvalue weighted by molar-refractivity contribution is 5.37. The molecule has 0 saturated carbocycles. The van der Waals surface area contributed by atoms with Crippen molar-refractivity contribution in [3.63, 3.8) is 0 Å². The molecular weight excluding hydrogens is 330 g/mol. The third-order valence-electron chi connectivity index (χ3n) is 4.94. The maximum absolute atomic E-state index is 5.23. The molecule has 1 fully saturated rings. The molecule has 0 bridgehead atoms. The van der Waals surface area contributed by atoms with Crippen LogP contribution in [0.25, 0.3) is 5.65 Å². The SMILES string of the molecule is Cc1noc(CN2CCC(c3nnc4ccc(C(C)(C)C)nn34)CC2)n1. The molecule has 0 spiro atoms. The van der Waals surface area contributed by atoms with Gasteiger partial charge < -0.3 is 4.52 Å². The average Bonchev–Trinajstić information content (AvgIpc) is 3.20. The van der Waals surface area contributed by atoms with Gasteiger partial charge in [-0.1, -0.05) is 25.9 Å². The van der Waals surface area contributed by atoms with Gasteiger partial charge in [-0.2, -0.15) is 14.6 Å². The summed E-state index contributed by atoms with van der Waals surface area (Å²) in [4.78, 5) is 6.64. The van der Waals surface area contributed by atoms with E-state index < -0.39 is 0 Å². The van der Waals surface area contributed by atoms with E-state index in [1.165, 1.54) is 0 Å². The van der Waals surface area contributed by atoms with Crippen LogP contribution in [0.1, 0.15) is 62.8 Å². The topological polar surface area (TPSA) is 85.2 Å². The van der Waals surface area contributed by atoms with Gasteiger partial charge in [0.1, 0.15) is 0 Å². The van der Waals surface area contributed by atoms with E-state index in [9.17, 15) is 0 Å². The van der Waals surface area contributed by atoms with Gasteiger partial charge in [0, 0.05) is 11.3 Å². The Labute approximate surface area is 152 Å². The maximum atomic E-state index is 5.23. The third-order valence-corrected chi connectivity index (χ3v) is 4.94. The number of fused-ring (bicyclic) bond motifs is 1. The molecule has 0 aromatic carbocycles. The first-order valence-electron chi connectivity index (χ1n) is 9.14. The highest BCUT2D eigenvalue weighted by Crippen LogP contribution is 2.28. The van der Waals surface area contributed by atoms with E-state index in [1.807, 2.05) is 23.6 Å².